The highest BCUT2D eigenvalue weighted by molar-refractivity contribution is 5.26. The first-order valence-corrected chi connectivity index (χ1v) is 12.1. The van der Waals surface area contributed by atoms with Crippen LogP contribution in [0.25, 0.3) is 0 Å². The van der Waals surface area contributed by atoms with Crippen LogP contribution in [0.1, 0.15) is 16.7 Å². The Morgan fingerprint density at radius 1 is 0.639 bits per heavy atom. The number of benzene rings is 3. The lowest BCUT2D eigenvalue weighted by Crippen LogP contribution is -2.61. The standard InChI is InChI=1S/C29H34O7/c1-31-24-15-13-23(14-16-24)20-35-28-27(34-19-22-11-7-4-8-12-22)26(25(17-30)36-29(28)32-2)33-18-21-9-5-3-6-10-21/h3-16,25-30H,17-20H2,1-2H3/t25-,26-,27-,28+,29+/m1/s1. The molecule has 0 bridgehead atoms. The van der Waals surface area contributed by atoms with Crippen molar-refractivity contribution < 1.29 is 33.5 Å². The minimum Gasteiger partial charge on any atom is -0.497 e. The second-order valence-corrected chi connectivity index (χ2v) is 8.61. The minimum absolute atomic E-state index is 0.240. The Labute approximate surface area is 212 Å². The van der Waals surface area contributed by atoms with Gasteiger partial charge in [0.15, 0.2) is 6.29 Å². The van der Waals surface area contributed by atoms with E-state index in [9.17, 15) is 5.11 Å². The zero-order valence-electron chi connectivity index (χ0n) is 20.7. The zero-order chi connectivity index (χ0) is 25.2. The van der Waals surface area contributed by atoms with E-state index in [0.717, 1.165) is 22.4 Å². The number of methoxy groups -OCH3 is 2. The molecule has 1 saturated heterocycles. The van der Waals surface area contributed by atoms with Crippen LogP contribution < -0.4 is 4.74 Å². The van der Waals surface area contributed by atoms with Crippen LogP contribution in [0.5, 0.6) is 5.75 Å². The quantitative estimate of drug-likeness (QED) is 0.406. The molecular formula is C29H34O7. The van der Waals surface area contributed by atoms with Gasteiger partial charge in [-0.15, -0.1) is 0 Å². The van der Waals surface area contributed by atoms with Crippen molar-refractivity contribution >= 4 is 0 Å². The Balaban J connectivity index is 1.55. The van der Waals surface area contributed by atoms with E-state index < -0.39 is 30.7 Å². The number of hydrogen-bond donors (Lipinski definition) is 1. The largest absolute Gasteiger partial charge is 0.497 e. The van der Waals surface area contributed by atoms with Gasteiger partial charge in [0.25, 0.3) is 0 Å². The fraction of sp³-hybridized carbons (Fsp3) is 0.379. The number of ether oxygens (including phenoxy) is 6. The average molecular weight is 495 g/mol. The average Bonchev–Trinajstić information content (AvgIpc) is 2.95. The van der Waals surface area contributed by atoms with Crippen molar-refractivity contribution in [3.8, 4) is 5.75 Å². The van der Waals surface area contributed by atoms with Crippen LogP contribution in [-0.2, 0) is 43.5 Å². The van der Waals surface area contributed by atoms with Gasteiger partial charge in [0.05, 0.1) is 33.5 Å². The zero-order valence-corrected chi connectivity index (χ0v) is 20.7. The van der Waals surface area contributed by atoms with E-state index in [-0.39, 0.29) is 6.61 Å². The van der Waals surface area contributed by atoms with Gasteiger partial charge in [-0.3, -0.25) is 0 Å². The summed E-state index contributed by atoms with van der Waals surface area (Å²) in [4.78, 5) is 0. The highest BCUT2D eigenvalue weighted by atomic mass is 16.7. The molecule has 0 saturated carbocycles. The van der Waals surface area contributed by atoms with Crippen molar-refractivity contribution in [3.63, 3.8) is 0 Å². The first kappa shape index (κ1) is 26.3. The van der Waals surface area contributed by atoms with Crippen molar-refractivity contribution in [1.82, 2.24) is 0 Å². The Morgan fingerprint density at radius 3 is 1.64 bits per heavy atom. The van der Waals surface area contributed by atoms with E-state index >= 15 is 0 Å². The van der Waals surface area contributed by atoms with Gasteiger partial charge >= 0.3 is 0 Å². The summed E-state index contributed by atoms with van der Waals surface area (Å²) in [6, 6.07) is 27.5. The van der Waals surface area contributed by atoms with Gasteiger partial charge in [0.1, 0.15) is 30.2 Å². The molecule has 5 atom stereocenters. The summed E-state index contributed by atoms with van der Waals surface area (Å²) in [7, 11) is 3.19. The van der Waals surface area contributed by atoms with Crippen LogP contribution >= 0.6 is 0 Å². The maximum Gasteiger partial charge on any atom is 0.186 e. The molecule has 7 heteroatoms. The molecule has 1 aliphatic heterocycles. The van der Waals surface area contributed by atoms with Crippen LogP contribution in [0.3, 0.4) is 0 Å². The predicted molar refractivity (Wildman–Crippen MR) is 134 cm³/mol. The lowest BCUT2D eigenvalue weighted by molar-refractivity contribution is -0.321. The molecule has 0 aliphatic carbocycles. The molecule has 3 aromatic rings. The molecule has 1 aliphatic rings. The molecule has 192 valence electrons. The first-order chi connectivity index (χ1) is 17.7. The molecule has 1 N–H and O–H groups in total. The molecule has 0 amide bonds. The second kappa shape index (κ2) is 13.5. The Bertz CT molecular complexity index is 1010. The molecule has 0 aromatic heterocycles. The smallest absolute Gasteiger partial charge is 0.186 e. The molecule has 0 unspecified atom stereocenters. The van der Waals surface area contributed by atoms with Crippen LogP contribution in [0.4, 0.5) is 0 Å². The summed E-state index contributed by atoms with van der Waals surface area (Å²) < 4.78 is 36.1. The third-order valence-electron chi connectivity index (χ3n) is 6.18. The highest BCUT2D eigenvalue weighted by Gasteiger charge is 2.48. The molecule has 7 nitrogen and oxygen atoms in total. The summed E-state index contributed by atoms with van der Waals surface area (Å²) in [6.45, 7) is 0.779. The Morgan fingerprint density at radius 2 is 1.14 bits per heavy atom. The second-order valence-electron chi connectivity index (χ2n) is 8.61. The topological polar surface area (TPSA) is 75.6 Å². The van der Waals surface area contributed by atoms with Crippen molar-refractivity contribution in [2.24, 2.45) is 0 Å². The lowest BCUT2D eigenvalue weighted by Gasteiger charge is -2.45. The summed E-state index contributed by atoms with van der Waals surface area (Å²) in [5, 5.41) is 10.1. The van der Waals surface area contributed by atoms with Gasteiger partial charge in [-0.1, -0.05) is 72.8 Å². The van der Waals surface area contributed by atoms with Crippen LogP contribution in [0.15, 0.2) is 84.9 Å². The van der Waals surface area contributed by atoms with E-state index in [4.69, 9.17) is 28.4 Å². The normalized spacial score (nSPS) is 23.9. The van der Waals surface area contributed by atoms with E-state index in [2.05, 4.69) is 0 Å². The van der Waals surface area contributed by atoms with Gasteiger partial charge in [0.2, 0.25) is 0 Å². The Hall–Kier alpha value is -2.78. The molecule has 0 radical (unpaired) electrons. The summed E-state index contributed by atoms with van der Waals surface area (Å²) in [6.07, 6.45) is -3.10. The number of aliphatic hydroxyl groups is 1. The Kier molecular flexibility index (Phi) is 9.86. The molecule has 4 rings (SSSR count). The maximum absolute atomic E-state index is 10.1. The van der Waals surface area contributed by atoms with Gasteiger partial charge in [-0.05, 0) is 28.8 Å². The van der Waals surface area contributed by atoms with E-state index in [1.807, 2.05) is 84.9 Å². The monoisotopic (exact) mass is 494 g/mol. The van der Waals surface area contributed by atoms with Gasteiger partial charge in [0, 0.05) is 7.11 Å². The van der Waals surface area contributed by atoms with Gasteiger partial charge < -0.3 is 33.5 Å². The number of rotatable bonds is 12. The molecule has 3 aromatic carbocycles. The fourth-order valence-corrected chi connectivity index (χ4v) is 4.23. The molecular weight excluding hydrogens is 460 g/mol. The summed E-state index contributed by atoms with van der Waals surface area (Å²) in [5.41, 5.74) is 3.01. The van der Waals surface area contributed by atoms with E-state index in [0.29, 0.717) is 19.8 Å². The van der Waals surface area contributed by atoms with Crippen molar-refractivity contribution in [1.29, 1.82) is 0 Å². The van der Waals surface area contributed by atoms with Gasteiger partial charge in [-0.25, -0.2) is 0 Å². The molecule has 36 heavy (non-hydrogen) atoms. The number of hydrogen-bond acceptors (Lipinski definition) is 7. The third kappa shape index (κ3) is 6.91. The molecule has 1 fully saturated rings. The van der Waals surface area contributed by atoms with Crippen molar-refractivity contribution in [2.45, 2.75) is 50.5 Å². The van der Waals surface area contributed by atoms with Crippen molar-refractivity contribution in [2.75, 3.05) is 20.8 Å². The highest BCUT2D eigenvalue weighted by Crippen LogP contribution is 2.31. The van der Waals surface area contributed by atoms with Crippen molar-refractivity contribution in [3.05, 3.63) is 102 Å². The van der Waals surface area contributed by atoms with Gasteiger partial charge in [-0.2, -0.15) is 0 Å². The summed E-state index contributed by atoms with van der Waals surface area (Å²) >= 11 is 0. The SMILES string of the molecule is COc1ccc(CO[C@@H]2[C@@H](OC)O[C@H](CO)[C@@H](OCc3ccccc3)[C@H]2OCc2ccccc2)cc1. The molecule has 1 heterocycles. The third-order valence-corrected chi connectivity index (χ3v) is 6.18. The fourth-order valence-electron chi connectivity index (χ4n) is 4.23. The van der Waals surface area contributed by atoms with Crippen LogP contribution in [0, 0.1) is 0 Å². The number of aliphatic hydroxyl groups excluding tert-OH is 1. The van der Waals surface area contributed by atoms with Crippen LogP contribution in [0.2, 0.25) is 0 Å². The molecule has 0 spiro atoms. The van der Waals surface area contributed by atoms with E-state index in [1.54, 1.807) is 14.2 Å². The maximum atomic E-state index is 10.1. The predicted octanol–water partition coefficient (Wildman–Crippen LogP) is 4.11. The first-order valence-electron chi connectivity index (χ1n) is 12.1. The minimum atomic E-state index is -0.738. The summed E-state index contributed by atoms with van der Waals surface area (Å²) in [5.74, 6) is 0.777. The van der Waals surface area contributed by atoms with E-state index in [1.165, 1.54) is 0 Å². The van der Waals surface area contributed by atoms with Crippen LogP contribution in [-0.4, -0.2) is 56.6 Å². The lowest BCUT2D eigenvalue weighted by atomic mass is 9.98.